The molecule has 0 radical (unpaired) electrons. The van der Waals surface area contributed by atoms with E-state index in [-0.39, 0.29) is 23.8 Å². The maximum absolute atomic E-state index is 11.1. The minimum Gasteiger partial charge on any atom is -0.525 e. The molecule has 4 nitrogen and oxygen atoms in total. The highest BCUT2D eigenvalue weighted by Gasteiger charge is 2.08. The van der Waals surface area contributed by atoms with Gasteiger partial charge in [-0.3, -0.25) is 9.59 Å². The van der Waals surface area contributed by atoms with E-state index in [9.17, 15) is 9.59 Å². The van der Waals surface area contributed by atoms with Crippen molar-refractivity contribution in [1.82, 2.24) is 0 Å². The van der Waals surface area contributed by atoms with Crippen LogP contribution in [-0.2, 0) is 18.4 Å². The van der Waals surface area contributed by atoms with Crippen LogP contribution in [0.4, 0.5) is 0 Å². The predicted octanol–water partition coefficient (Wildman–Crippen LogP) is 0.779. The van der Waals surface area contributed by atoms with E-state index in [4.69, 9.17) is 8.85 Å². The first kappa shape index (κ1) is 16.4. The van der Waals surface area contributed by atoms with Gasteiger partial charge in [0.25, 0.3) is 11.9 Å². The van der Waals surface area contributed by atoms with Crippen LogP contribution < -0.4 is 0 Å². The molecule has 0 aromatic heterocycles. The van der Waals surface area contributed by atoms with Gasteiger partial charge in [-0.05, 0) is 12.1 Å². The molecule has 0 unspecified atom stereocenters. The monoisotopic (exact) mass is 276 g/mol. The van der Waals surface area contributed by atoms with Crippen LogP contribution in [0.2, 0.25) is 12.1 Å². The first-order valence-corrected chi connectivity index (χ1v) is 9.44. The summed E-state index contributed by atoms with van der Waals surface area (Å²) in [4.78, 5) is 22.3. The third-order valence-electron chi connectivity index (χ3n) is 2.22. The number of carbonyl (C=O) groups is 2. The fourth-order valence-electron chi connectivity index (χ4n) is 1.06. The van der Waals surface area contributed by atoms with Gasteiger partial charge in [0.15, 0.2) is 0 Å². The molecule has 0 fully saturated rings. The van der Waals surface area contributed by atoms with Crippen LogP contribution in [0, 0.1) is 11.8 Å². The van der Waals surface area contributed by atoms with Gasteiger partial charge in [-0.2, -0.15) is 0 Å². The third kappa shape index (κ3) is 9.11. The van der Waals surface area contributed by atoms with Crippen molar-refractivity contribution in [1.29, 1.82) is 0 Å². The Bertz CT molecular complexity index is 218. The van der Waals surface area contributed by atoms with Crippen LogP contribution >= 0.6 is 0 Å². The maximum Gasteiger partial charge on any atom is 0.294 e. The van der Waals surface area contributed by atoms with E-state index in [1.165, 1.54) is 0 Å². The standard InChI is InChI=1S/C11H24O4Si2/c1-8(2)10(12)14-16-6-5-7-17-15-11(13)9(3)4/h8-9H,5-7,16-17H2,1-4H3. The zero-order valence-corrected chi connectivity index (χ0v) is 14.2. The van der Waals surface area contributed by atoms with E-state index < -0.39 is 19.5 Å². The second-order valence-corrected chi connectivity index (χ2v) is 7.51. The van der Waals surface area contributed by atoms with Gasteiger partial charge in [0, 0.05) is 11.8 Å². The summed E-state index contributed by atoms with van der Waals surface area (Å²) in [6.45, 7) is 7.37. The molecule has 0 atom stereocenters. The molecule has 0 amide bonds. The quantitative estimate of drug-likeness (QED) is 0.486. The Hall–Kier alpha value is -0.626. The molecular weight excluding hydrogens is 252 g/mol. The van der Waals surface area contributed by atoms with Gasteiger partial charge in [-0.25, -0.2) is 0 Å². The van der Waals surface area contributed by atoms with Crippen LogP contribution in [0.3, 0.4) is 0 Å². The smallest absolute Gasteiger partial charge is 0.294 e. The van der Waals surface area contributed by atoms with Crippen molar-refractivity contribution in [2.24, 2.45) is 11.8 Å². The highest BCUT2D eigenvalue weighted by molar-refractivity contribution is 6.32. The Morgan fingerprint density at radius 3 is 1.53 bits per heavy atom. The molecule has 6 heteroatoms. The topological polar surface area (TPSA) is 52.6 Å². The van der Waals surface area contributed by atoms with Crippen molar-refractivity contribution in [3.63, 3.8) is 0 Å². The minimum atomic E-state index is -0.710. The second-order valence-electron chi connectivity index (χ2n) is 4.71. The van der Waals surface area contributed by atoms with Crippen molar-refractivity contribution in [2.45, 2.75) is 46.2 Å². The van der Waals surface area contributed by atoms with Gasteiger partial charge in [-0.15, -0.1) is 0 Å². The van der Waals surface area contributed by atoms with Crippen molar-refractivity contribution in [2.75, 3.05) is 0 Å². The summed E-state index contributed by atoms with van der Waals surface area (Å²) in [6, 6.07) is 1.98. The minimum absolute atomic E-state index is 0.0242. The molecule has 0 rings (SSSR count). The predicted molar refractivity (Wildman–Crippen MR) is 73.2 cm³/mol. The van der Waals surface area contributed by atoms with Crippen molar-refractivity contribution in [3.05, 3.63) is 0 Å². The molecule has 0 saturated heterocycles. The average Bonchev–Trinajstić information content (AvgIpc) is 2.26. The molecule has 0 bridgehead atoms. The van der Waals surface area contributed by atoms with Gasteiger partial charge in [0.1, 0.15) is 0 Å². The SMILES string of the molecule is CC(C)C(=O)O[SiH2]CCC[SiH2]OC(=O)C(C)C. The van der Waals surface area contributed by atoms with E-state index in [1.54, 1.807) is 0 Å². The molecule has 0 aromatic carbocycles. The summed E-state index contributed by atoms with van der Waals surface area (Å²) < 4.78 is 10.4. The van der Waals surface area contributed by atoms with Gasteiger partial charge < -0.3 is 8.85 Å². The first-order valence-electron chi connectivity index (χ1n) is 6.28. The van der Waals surface area contributed by atoms with Crippen LogP contribution in [0.1, 0.15) is 34.1 Å². The van der Waals surface area contributed by atoms with Crippen LogP contribution in [-0.4, -0.2) is 31.5 Å². The Morgan fingerprint density at radius 1 is 0.882 bits per heavy atom. The molecule has 0 aliphatic rings. The number of hydrogen-bond acceptors (Lipinski definition) is 4. The fraction of sp³-hybridized carbons (Fsp3) is 0.818. The van der Waals surface area contributed by atoms with Crippen molar-refractivity contribution < 1.29 is 18.4 Å². The van der Waals surface area contributed by atoms with E-state index in [0.717, 1.165) is 18.5 Å². The van der Waals surface area contributed by atoms with Crippen LogP contribution in [0.15, 0.2) is 0 Å². The Kier molecular flexibility index (Phi) is 9.06. The number of carbonyl (C=O) groups excluding carboxylic acids is 2. The Morgan fingerprint density at radius 2 is 1.24 bits per heavy atom. The summed E-state index contributed by atoms with van der Waals surface area (Å²) >= 11 is 0. The maximum atomic E-state index is 11.1. The zero-order chi connectivity index (χ0) is 13.3. The fourth-order valence-corrected chi connectivity index (χ4v) is 4.24. The summed E-state index contributed by atoms with van der Waals surface area (Å²) in [5.41, 5.74) is 0. The molecule has 0 heterocycles. The Labute approximate surface area is 108 Å². The van der Waals surface area contributed by atoms with E-state index in [0.29, 0.717) is 0 Å². The zero-order valence-electron chi connectivity index (χ0n) is 11.3. The van der Waals surface area contributed by atoms with Gasteiger partial charge in [0.2, 0.25) is 19.5 Å². The number of hydrogen-bond donors (Lipinski definition) is 0. The van der Waals surface area contributed by atoms with Gasteiger partial charge in [0.05, 0.1) is 0 Å². The van der Waals surface area contributed by atoms with Crippen LogP contribution in [0.25, 0.3) is 0 Å². The molecule has 0 aliphatic carbocycles. The van der Waals surface area contributed by atoms with E-state index in [2.05, 4.69) is 0 Å². The largest absolute Gasteiger partial charge is 0.525 e. The molecule has 0 aromatic rings. The summed E-state index contributed by atoms with van der Waals surface area (Å²) in [5.74, 6) is -0.215. The lowest BCUT2D eigenvalue weighted by Gasteiger charge is -2.08. The third-order valence-corrected chi connectivity index (χ3v) is 4.77. The lowest BCUT2D eigenvalue weighted by Crippen LogP contribution is -2.15. The van der Waals surface area contributed by atoms with E-state index >= 15 is 0 Å². The normalized spacial score (nSPS) is 12.1. The number of rotatable bonds is 8. The molecule has 0 spiro atoms. The molecule has 0 saturated carbocycles. The average molecular weight is 276 g/mol. The molecule has 100 valence electrons. The molecular formula is C11H24O4Si2. The lowest BCUT2D eigenvalue weighted by molar-refractivity contribution is -0.138. The summed E-state index contributed by atoms with van der Waals surface area (Å²) in [6.07, 6.45) is 1.02. The van der Waals surface area contributed by atoms with Crippen molar-refractivity contribution in [3.8, 4) is 0 Å². The molecule has 0 aliphatic heterocycles. The Balaban J connectivity index is 3.30. The summed E-state index contributed by atoms with van der Waals surface area (Å²) in [7, 11) is -1.42. The van der Waals surface area contributed by atoms with Gasteiger partial charge >= 0.3 is 0 Å². The highest BCUT2D eigenvalue weighted by atomic mass is 28.2. The van der Waals surface area contributed by atoms with E-state index in [1.807, 2.05) is 27.7 Å². The highest BCUT2D eigenvalue weighted by Crippen LogP contribution is 2.01. The first-order chi connectivity index (χ1) is 7.95. The van der Waals surface area contributed by atoms with Crippen LogP contribution in [0.5, 0.6) is 0 Å². The molecule has 0 N–H and O–H groups in total. The lowest BCUT2D eigenvalue weighted by atomic mass is 10.2. The molecule has 17 heavy (non-hydrogen) atoms. The summed E-state index contributed by atoms with van der Waals surface area (Å²) in [5, 5.41) is 0. The van der Waals surface area contributed by atoms with Gasteiger partial charge in [-0.1, -0.05) is 34.1 Å². The van der Waals surface area contributed by atoms with Crippen molar-refractivity contribution >= 4 is 31.5 Å². The second kappa shape index (κ2) is 9.41.